The molecule has 1 atom stereocenters. The highest BCUT2D eigenvalue weighted by Crippen LogP contribution is 2.29. The van der Waals surface area contributed by atoms with E-state index in [0.717, 1.165) is 0 Å². The van der Waals surface area contributed by atoms with Gasteiger partial charge in [-0.15, -0.1) is 0 Å². The third kappa shape index (κ3) is 2.50. The molecule has 0 aromatic carbocycles. The van der Waals surface area contributed by atoms with Crippen molar-refractivity contribution in [1.82, 2.24) is 0 Å². The van der Waals surface area contributed by atoms with Crippen LogP contribution in [0.4, 0.5) is 0 Å². The zero-order valence-electron chi connectivity index (χ0n) is 9.95. The van der Waals surface area contributed by atoms with Crippen LogP contribution in [0, 0.1) is 5.92 Å². The molecule has 90 valence electrons. The van der Waals surface area contributed by atoms with Crippen molar-refractivity contribution in [3.63, 3.8) is 0 Å². The SMILES string of the molecule is CCOC(=O)C1=C(C(O)C(C)C)CCC1=O. The maximum absolute atomic E-state index is 11.6. The summed E-state index contributed by atoms with van der Waals surface area (Å²) in [5, 5.41) is 9.91. The minimum Gasteiger partial charge on any atom is -0.462 e. The van der Waals surface area contributed by atoms with E-state index in [1.165, 1.54) is 0 Å². The van der Waals surface area contributed by atoms with E-state index in [9.17, 15) is 14.7 Å². The van der Waals surface area contributed by atoms with Crippen LogP contribution >= 0.6 is 0 Å². The van der Waals surface area contributed by atoms with Crippen molar-refractivity contribution in [2.75, 3.05) is 6.61 Å². The molecule has 0 spiro atoms. The van der Waals surface area contributed by atoms with Gasteiger partial charge < -0.3 is 9.84 Å². The standard InChI is InChI=1S/C12H18O4/c1-4-16-12(15)10-8(5-6-9(10)13)11(14)7(2)3/h7,11,14H,4-6H2,1-3H3. The molecule has 0 saturated carbocycles. The van der Waals surface area contributed by atoms with Crippen LogP contribution in [-0.2, 0) is 14.3 Å². The number of carbonyl (C=O) groups is 2. The Labute approximate surface area is 95.3 Å². The minimum atomic E-state index is -0.731. The third-order valence-corrected chi connectivity index (χ3v) is 2.69. The van der Waals surface area contributed by atoms with Crippen molar-refractivity contribution >= 4 is 11.8 Å². The molecule has 0 bridgehead atoms. The van der Waals surface area contributed by atoms with Crippen LogP contribution in [0.15, 0.2) is 11.1 Å². The van der Waals surface area contributed by atoms with Crippen molar-refractivity contribution in [3.05, 3.63) is 11.1 Å². The van der Waals surface area contributed by atoms with Gasteiger partial charge in [-0.3, -0.25) is 4.79 Å². The number of aliphatic hydroxyl groups is 1. The summed E-state index contributed by atoms with van der Waals surface area (Å²) in [5.74, 6) is -0.821. The Morgan fingerprint density at radius 3 is 2.56 bits per heavy atom. The lowest BCUT2D eigenvalue weighted by Gasteiger charge is -2.16. The normalized spacial score (nSPS) is 18.2. The number of aliphatic hydroxyl groups excluding tert-OH is 1. The molecule has 0 aromatic heterocycles. The number of carbonyl (C=O) groups excluding carboxylic acids is 2. The first-order valence-corrected chi connectivity index (χ1v) is 5.60. The number of Topliss-reactive ketones (excluding diaryl/α,β-unsaturated/α-hetero) is 1. The zero-order valence-corrected chi connectivity index (χ0v) is 9.95. The van der Waals surface area contributed by atoms with Crippen molar-refractivity contribution in [3.8, 4) is 0 Å². The van der Waals surface area contributed by atoms with E-state index in [4.69, 9.17) is 4.74 Å². The Morgan fingerprint density at radius 2 is 2.06 bits per heavy atom. The van der Waals surface area contributed by atoms with Gasteiger partial charge in [-0.2, -0.15) is 0 Å². The second-order valence-corrected chi connectivity index (χ2v) is 4.23. The molecule has 1 aliphatic carbocycles. The summed E-state index contributed by atoms with van der Waals surface area (Å²) in [7, 11) is 0. The zero-order chi connectivity index (χ0) is 12.3. The summed E-state index contributed by atoms with van der Waals surface area (Å²) >= 11 is 0. The van der Waals surface area contributed by atoms with Gasteiger partial charge in [-0.25, -0.2) is 4.79 Å². The van der Waals surface area contributed by atoms with Crippen LogP contribution in [0.5, 0.6) is 0 Å². The Morgan fingerprint density at radius 1 is 1.44 bits per heavy atom. The van der Waals surface area contributed by atoms with Gasteiger partial charge in [0, 0.05) is 6.42 Å². The summed E-state index contributed by atoms with van der Waals surface area (Å²) in [6.45, 7) is 5.63. The van der Waals surface area contributed by atoms with Crippen molar-refractivity contribution in [2.45, 2.75) is 39.7 Å². The van der Waals surface area contributed by atoms with Crippen LogP contribution in [0.3, 0.4) is 0 Å². The second kappa shape index (κ2) is 5.25. The quantitative estimate of drug-likeness (QED) is 0.578. The van der Waals surface area contributed by atoms with E-state index in [0.29, 0.717) is 18.4 Å². The number of ketones is 1. The van der Waals surface area contributed by atoms with Gasteiger partial charge in [-0.1, -0.05) is 13.8 Å². The van der Waals surface area contributed by atoms with Gasteiger partial charge in [0.1, 0.15) is 5.57 Å². The van der Waals surface area contributed by atoms with E-state index in [1.807, 2.05) is 13.8 Å². The van der Waals surface area contributed by atoms with E-state index in [-0.39, 0.29) is 23.9 Å². The fourth-order valence-electron chi connectivity index (χ4n) is 1.82. The Bertz CT molecular complexity index is 328. The van der Waals surface area contributed by atoms with Gasteiger partial charge in [0.15, 0.2) is 5.78 Å². The van der Waals surface area contributed by atoms with Crippen molar-refractivity contribution in [1.29, 1.82) is 0 Å². The summed E-state index contributed by atoms with van der Waals surface area (Å²) < 4.78 is 4.83. The van der Waals surface area contributed by atoms with E-state index < -0.39 is 12.1 Å². The molecule has 4 nitrogen and oxygen atoms in total. The molecule has 1 unspecified atom stereocenters. The van der Waals surface area contributed by atoms with Crippen LogP contribution in [-0.4, -0.2) is 29.6 Å². The molecule has 0 fully saturated rings. The average Bonchev–Trinajstić information content (AvgIpc) is 2.59. The summed E-state index contributed by atoms with van der Waals surface area (Å²) in [4.78, 5) is 23.1. The molecule has 0 radical (unpaired) electrons. The van der Waals surface area contributed by atoms with E-state index >= 15 is 0 Å². The molecule has 4 heteroatoms. The fourth-order valence-corrected chi connectivity index (χ4v) is 1.82. The van der Waals surface area contributed by atoms with Crippen LogP contribution in [0.2, 0.25) is 0 Å². The van der Waals surface area contributed by atoms with Gasteiger partial charge in [0.2, 0.25) is 0 Å². The number of hydrogen-bond acceptors (Lipinski definition) is 4. The molecular weight excluding hydrogens is 208 g/mol. The van der Waals surface area contributed by atoms with Gasteiger partial charge in [-0.05, 0) is 24.8 Å². The van der Waals surface area contributed by atoms with Gasteiger partial charge in [0.05, 0.1) is 12.7 Å². The Balaban J connectivity index is 3.00. The van der Waals surface area contributed by atoms with Crippen LogP contribution in [0.25, 0.3) is 0 Å². The average molecular weight is 226 g/mol. The Kier molecular flexibility index (Phi) is 4.24. The fraction of sp³-hybridized carbons (Fsp3) is 0.667. The number of ether oxygens (including phenoxy) is 1. The lowest BCUT2D eigenvalue weighted by molar-refractivity contribution is -0.139. The summed E-state index contributed by atoms with van der Waals surface area (Å²) in [5.41, 5.74) is 0.612. The largest absolute Gasteiger partial charge is 0.462 e. The second-order valence-electron chi connectivity index (χ2n) is 4.23. The number of hydrogen-bond donors (Lipinski definition) is 1. The molecule has 0 heterocycles. The molecule has 0 aliphatic heterocycles. The topological polar surface area (TPSA) is 63.6 Å². The lowest BCUT2D eigenvalue weighted by atomic mass is 9.96. The smallest absolute Gasteiger partial charge is 0.341 e. The van der Waals surface area contributed by atoms with Gasteiger partial charge >= 0.3 is 5.97 Å². The van der Waals surface area contributed by atoms with Crippen LogP contribution < -0.4 is 0 Å². The predicted molar refractivity (Wildman–Crippen MR) is 58.7 cm³/mol. The first-order chi connectivity index (χ1) is 7.49. The highest BCUT2D eigenvalue weighted by atomic mass is 16.5. The molecule has 1 N–H and O–H groups in total. The summed E-state index contributed by atoms with van der Waals surface area (Å²) in [6, 6.07) is 0. The highest BCUT2D eigenvalue weighted by Gasteiger charge is 2.33. The summed E-state index contributed by atoms with van der Waals surface area (Å²) in [6.07, 6.45) is 0.0328. The monoisotopic (exact) mass is 226 g/mol. The molecule has 0 saturated heterocycles. The maximum atomic E-state index is 11.6. The molecule has 1 aliphatic rings. The van der Waals surface area contributed by atoms with Crippen molar-refractivity contribution < 1.29 is 19.4 Å². The molecular formula is C12H18O4. The third-order valence-electron chi connectivity index (χ3n) is 2.69. The minimum absolute atomic E-state index is 0.00896. The molecule has 0 amide bonds. The van der Waals surface area contributed by atoms with Gasteiger partial charge in [0.25, 0.3) is 0 Å². The molecule has 0 aromatic rings. The first kappa shape index (κ1) is 12.9. The first-order valence-electron chi connectivity index (χ1n) is 5.60. The van der Waals surface area contributed by atoms with Crippen LogP contribution in [0.1, 0.15) is 33.6 Å². The highest BCUT2D eigenvalue weighted by molar-refractivity contribution is 6.19. The van der Waals surface area contributed by atoms with E-state index in [2.05, 4.69) is 0 Å². The predicted octanol–water partition coefficient (Wildman–Crippen LogP) is 1.23. The maximum Gasteiger partial charge on any atom is 0.341 e. The van der Waals surface area contributed by atoms with E-state index in [1.54, 1.807) is 6.92 Å². The Hall–Kier alpha value is -1.16. The number of rotatable bonds is 4. The number of esters is 1. The molecule has 16 heavy (non-hydrogen) atoms. The molecule has 1 rings (SSSR count). The van der Waals surface area contributed by atoms with Crippen molar-refractivity contribution in [2.24, 2.45) is 5.92 Å². The lowest BCUT2D eigenvalue weighted by Crippen LogP contribution is -2.21.